The lowest BCUT2D eigenvalue weighted by molar-refractivity contribution is 0.0385. The van der Waals surface area contributed by atoms with E-state index in [1.807, 2.05) is 0 Å². The van der Waals surface area contributed by atoms with E-state index in [1.165, 1.54) is 29.8 Å². The first kappa shape index (κ1) is 16.9. The molecule has 2 aliphatic rings. The minimum absolute atomic E-state index is 0.0253. The predicted octanol–water partition coefficient (Wildman–Crippen LogP) is 4.53. The van der Waals surface area contributed by atoms with E-state index in [-0.39, 0.29) is 10.8 Å². The summed E-state index contributed by atoms with van der Waals surface area (Å²) in [6.07, 6.45) is 4.64. The number of ether oxygens (including phenoxy) is 1. The Kier molecular flexibility index (Phi) is 4.29. The van der Waals surface area contributed by atoms with Crippen molar-refractivity contribution in [1.29, 1.82) is 0 Å². The predicted molar refractivity (Wildman–Crippen MR) is 94.0 cm³/mol. The number of fused-ring (bicyclic) bond motifs is 3. The summed E-state index contributed by atoms with van der Waals surface area (Å²) in [6.45, 7) is 15.3. The van der Waals surface area contributed by atoms with Gasteiger partial charge in [-0.2, -0.15) is 0 Å². The first-order chi connectivity index (χ1) is 10.7. The third-order valence-electron chi connectivity index (χ3n) is 5.85. The van der Waals surface area contributed by atoms with Crippen molar-refractivity contribution in [3.8, 4) is 0 Å². The summed E-state index contributed by atoms with van der Waals surface area (Å²) in [4.78, 5) is 10.2. The first-order valence-corrected chi connectivity index (χ1v) is 9.23. The van der Waals surface area contributed by atoms with Crippen LogP contribution in [0, 0.1) is 5.92 Å². The van der Waals surface area contributed by atoms with Gasteiger partial charge >= 0.3 is 0 Å². The van der Waals surface area contributed by atoms with Crippen LogP contribution in [0.4, 0.5) is 0 Å². The molecule has 0 radical (unpaired) electrons. The van der Waals surface area contributed by atoms with Gasteiger partial charge in [-0.3, -0.25) is 0 Å². The second-order valence-electron chi connectivity index (χ2n) is 9.02. The van der Waals surface area contributed by atoms with Gasteiger partial charge < -0.3 is 4.74 Å². The summed E-state index contributed by atoms with van der Waals surface area (Å²) in [5, 5.41) is 0. The summed E-state index contributed by atoms with van der Waals surface area (Å²) in [5.74, 6) is 2.24. The summed E-state index contributed by atoms with van der Waals surface area (Å²) in [5.41, 5.74) is 4.08. The van der Waals surface area contributed by atoms with Gasteiger partial charge in [-0.1, -0.05) is 41.5 Å². The molecule has 3 heteroatoms. The lowest BCUT2D eigenvalue weighted by Crippen LogP contribution is -2.35. The van der Waals surface area contributed by atoms with E-state index in [0.29, 0.717) is 5.92 Å². The van der Waals surface area contributed by atoms with E-state index in [4.69, 9.17) is 14.7 Å². The SMILES string of the molecule is CCC(C)(C)c1nc2c(c(C(C)(C)C)n1)CCC1CCOCC21. The van der Waals surface area contributed by atoms with Gasteiger partial charge in [0.05, 0.1) is 18.0 Å². The molecule has 0 amide bonds. The average molecular weight is 316 g/mol. The molecule has 1 aliphatic carbocycles. The average Bonchev–Trinajstić information content (AvgIpc) is 2.52. The third kappa shape index (κ3) is 3.05. The number of hydrogen-bond donors (Lipinski definition) is 0. The molecule has 1 fully saturated rings. The minimum atomic E-state index is 0.0253. The zero-order valence-corrected chi connectivity index (χ0v) is 15.7. The van der Waals surface area contributed by atoms with Gasteiger partial charge in [0.25, 0.3) is 0 Å². The van der Waals surface area contributed by atoms with Gasteiger partial charge in [-0.15, -0.1) is 0 Å². The van der Waals surface area contributed by atoms with E-state index in [0.717, 1.165) is 37.8 Å². The summed E-state index contributed by atoms with van der Waals surface area (Å²) < 4.78 is 5.81. The van der Waals surface area contributed by atoms with Crippen molar-refractivity contribution in [1.82, 2.24) is 9.97 Å². The molecule has 23 heavy (non-hydrogen) atoms. The molecule has 2 unspecified atom stereocenters. The lowest BCUT2D eigenvalue weighted by atomic mass is 9.72. The Labute approximate surface area is 141 Å². The molecular formula is C20H32N2O. The highest BCUT2D eigenvalue weighted by Gasteiger charge is 2.38. The van der Waals surface area contributed by atoms with Gasteiger partial charge in [-0.05, 0) is 37.2 Å². The van der Waals surface area contributed by atoms with Crippen LogP contribution in [-0.2, 0) is 22.0 Å². The summed E-state index contributed by atoms with van der Waals surface area (Å²) in [6, 6.07) is 0. The Morgan fingerprint density at radius 2 is 1.83 bits per heavy atom. The normalized spacial score (nSPS) is 25.0. The zero-order chi connectivity index (χ0) is 16.8. The number of hydrogen-bond acceptors (Lipinski definition) is 3. The Morgan fingerprint density at radius 3 is 2.48 bits per heavy atom. The molecule has 3 nitrogen and oxygen atoms in total. The minimum Gasteiger partial charge on any atom is -0.381 e. The largest absolute Gasteiger partial charge is 0.381 e. The highest BCUT2D eigenvalue weighted by atomic mass is 16.5. The standard InChI is InChI=1S/C20H32N2O/c1-7-20(5,6)18-21-16-14(17(22-18)19(2,3)4)9-8-13-10-11-23-12-15(13)16/h13,15H,7-12H2,1-6H3. The van der Waals surface area contributed by atoms with Gasteiger partial charge in [-0.25, -0.2) is 9.97 Å². The van der Waals surface area contributed by atoms with Crippen LogP contribution in [0.25, 0.3) is 0 Å². The molecule has 0 saturated carbocycles. The van der Waals surface area contributed by atoms with Gasteiger partial charge in [0.15, 0.2) is 0 Å². The van der Waals surface area contributed by atoms with Gasteiger partial charge in [0.1, 0.15) is 5.82 Å². The van der Waals surface area contributed by atoms with E-state index < -0.39 is 0 Å². The van der Waals surface area contributed by atoms with E-state index >= 15 is 0 Å². The maximum absolute atomic E-state index is 5.81. The maximum Gasteiger partial charge on any atom is 0.134 e. The zero-order valence-electron chi connectivity index (χ0n) is 15.7. The molecule has 1 aliphatic heterocycles. The van der Waals surface area contributed by atoms with Crippen molar-refractivity contribution in [3.05, 3.63) is 22.8 Å². The highest BCUT2D eigenvalue weighted by Crippen LogP contribution is 2.43. The molecule has 1 aromatic rings. The van der Waals surface area contributed by atoms with Gasteiger partial charge in [0, 0.05) is 23.4 Å². The monoisotopic (exact) mass is 316 g/mol. The van der Waals surface area contributed by atoms with Crippen LogP contribution in [0.5, 0.6) is 0 Å². The van der Waals surface area contributed by atoms with Crippen molar-refractivity contribution in [3.63, 3.8) is 0 Å². The highest BCUT2D eigenvalue weighted by molar-refractivity contribution is 5.37. The van der Waals surface area contributed by atoms with Crippen LogP contribution < -0.4 is 0 Å². The fourth-order valence-electron chi connectivity index (χ4n) is 3.90. The smallest absolute Gasteiger partial charge is 0.134 e. The maximum atomic E-state index is 5.81. The molecule has 2 atom stereocenters. The Morgan fingerprint density at radius 1 is 1.09 bits per heavy atom. The molecular weight excluding hydrogens is 284 g/mol. The Balaban J connectivity index is 2.17. The fourth-order valence-corrected chi connectivity index (χ4v) is 3.90. The second-order valence-corrected chi connectivity index (χ2v) is 9.02. The molecule has 1 saturated heterocycles. The van der Waals surface area contributed by atoms with Crippen LogP contribution in [0.2, 0.25) is 0 Å². The number of nitrogens with zero attached hydrogens (tertiary/aromatic N) is 2. The van der Waals surface area contributed by atoms with Crippen molar-refractivity contribution < 1.29 is 4.74 Å². The van der Waals surface area contributed by atoms with Crippen molar-refractivity contribution in [2.24, 2.45) is 5.92 Å². The van der Waals surface area contributed by atoms with Crippen molar-refractivity contribution in [2.75, 3.05) is 13.2 Å². The first-order valence-electron chi connectivity index (χ1n) is 9.23. The third-order valence-corrected chi connectivity index (χ3v) is 5.85. The molecule has 0 spiro atoms. The summed E-state index contributed by atoms with van der Waals surface area (Å²) in [7, 11) is 0. The molecule has 0 bridgehead atoms. The van der Waals surface area contributed by atoms with Crippen LogP contribution in [0.3, 0.4) is 0 Å². The molecule has 2 heterocycles. The molecule has 128 valence electrons. The fraction of sp³-hybridized carbons (Fsp3) is 0.800. The van der Waals surface area contributed by atoms with Crippen LogP contribution in [-0.4, -0.2) is 23.2 Å². The summed E-state index contributed by atoms with van der Waals surface area (Å²) >= 11 is 0. The molecule has 1 aromatic heterocycles. The van der Waals surface area contributed by atoms with Crippen molar-refractivity contribution >= 4 is 0 Å². The van der Waals surface area contributed by atoms with Gasteiger partial charge in [0.2, 0.25) is 0 Å². The number of aromatic nitrogens is 2. The van der Waals surface area contributed by atoms with Crippen molar-refractivity contribution in [2.45, 2.75) is 84.0 Å². The second kappa shape index (κ2) is 5.84. The van der Waals surface area contributed by atoms with Crippen LogP contribution in [0.1, 0.15) is 89.5 Å². The quantitative estimate of drug-likeness (QED) is 0.804. The molecule has 0 aromatic carbocycles. The van der Waals surface area contributed by atoms with Crippen LogP contribution >= 0.6 is 0 Å². The molecule has 0 N–H and O–H groups in total. The topological polar surface area (TPSA) is 35.0 Å². The van der Waals surface area contributed by atoms with E-state index in [9.17, 15) is 0 Å². The van der Waals surface area contributed by atoms with Crippen LogP contribution in [0.15, 0.2) is 0 Å². The Hall–Kier alpha value is -0.960. The molecule has 3 rings (SSSR count). The number of rotatable bonds is 2. The Bertz CT molecular complexity index is 586. The lowest BCUT2D eigenvalue weighted by Gasteiger charge is -2.39. The van der Waals surface area contributed by atoms with E-state index in [2.05, 4.69) is 41.5 Å². The van der Waals surface area contributed by atoms with E-state index in [1.54, 1.807) is 0 Å².